The summed E-state index contributed by atoms with van der Waals surface area (Å²) in [6.07, 6.45) is 0.0550. The van der Waals surface area contributed by atoms with E-state index < -0.39 is 5.41 Å². The molecule has 2 aliphatic heterocycles. The van der Waals surface area contributed by atoms with Crippen LogP contribution in [0.2, 0.25) is 0 Å². The van der Waals surface area contributed by atoms with Crippen LogP contribution in [0.25, 0.3) is 55.6 Å². The Morgan fingerprint density at radius 2 is 0.873 bits per heavy atom. The van der Waals surface area contributed by atoms with Crippen molar-refractivity contribution in [2.45, 2.75) is 18.5 Å². The number of nitrogens with zero attached hydrogens (tertiary/aromatic N) is 1. The summed E-state index contributed by atoms with van der Waals surface area (Å²) in [5, 5.41) is 3.87. The van der Waals surface area contributed by atoms with E-state index in [1.807, 2.05) is 25.0 Å². The average Bonchev–Trinajstić information content (AvgIpc) is 4.00. The zero-order valence-electron chi connectivity index (χ0n) is 35.3. The van der Waals surface area contributed by atoms with Crippen molar-refractivity contribution in [2.75, 3.05) is 10.2 Å². The molecule has 0 saturated carbocycles. The number of benzene rings is 9. The van der Waals surface area contributed by atoms with Crippen molar-refractivity contribution < 1.29 is 4.79 Å². The summed E-state index contributed by atoms with van der Waals surface area (Å²) < 4.78 is 0. The molecule has 302 valence electrons. The highest BCUT2D eigenvalue weighted by molar-refractivity contribution is 5.99. The van der Waals surface area contributed by atoms with Gasteiger partial charge in [-0.2, -0.15) is 0 Å². The zero-order valence-corrected chi connectivity index (χ0v) is 35.3. The second-order valence-corrected chi connectivity index (χ2v) is 16.1. The number of nitrogens with one attached hydrogen (secondary N) is 1. The zero-order chi connectivity index (χ0) is 43.1. The molecule has 63 heavy (non-hydrogen) atoms. The summed E-state index contributed by atoms with van der Waals surface area (Å²) >= 11 is 0. The topological polar surface area (TPSA) is 32.3 Å². The number of hydrogen-bond acceptors (Lipinski definition) is 3. The Bertz CT molecular complexity index is 3100. The van der Waals surface area contributed by atoms with E-state index >= 15 is 0 Å². The maximum absolute atomic E-state index is 8.00. The third-order valence-electron chi connectivity index (χ3n) is 13.0. The molecule has 1 atom stereocenters. The van der Waals surface area contributed by atoms with E-state index in [1.165, 1.54) is 100 Å². The number of aryl methyl sites for hydroxylation is 1. The molecule has 0 amide bonds. The summed E-state index contributed by atoms with van der Waals surface area (Å²) in [7, 11) is 0. The highest BCUT2D eigenvalue weighted by atomic mass is 16.1. The van der Waals surface area contributed by atoms with E-state index in [-0.39, 0.29) is 6.17 Å². The third-order valence-corrected chi connectivity index (χ3v) is 13.0. The average molecular weight is 811 g/mol. The van der Waals surface area contributed by atoms with Gasteiger partial charge in [0.05, 0.1) is 22.5 Å². The monoisotopic (exact) mass is 810 g/mol. The Labute approximate surface area is 370 Å². The molecule has 13 rings (SSSR count). The third kappa shape index (κ3) is 6.07. The molecule has 1 N–H and O–H groups in total. The Morgan fingerprint density at radius 3 is 1.48 bits per heavy atom. The minimum absolute atomic E-state index is 0.0550. The second kappa shape index (κ2) is 16.1. The summed E-state index contributed by atoms with van der Waals surface area (Å²) in [6.45, 7) is 10.1. The molecule has 0 bridgehead atoms. The first-order valence-corrected chi connectivity index (χ1v) is 21.4. The highest BCUT2D eigenvalue weighted by Crippen LogP contribution is 2.64. The molecule has 2 aliphatic carbocycles. The fourth-order valence-electron chi connectivity index (χ4n) is 10.4. The minimum Gasteiger partial charge on any atom is -0.359 e. The lowest BCUT2D eigenvalue weighted by Gasteiger charge is -2.35. The van der Waals surface area contributed by atoms with Gasteiger partial charge in [0, 0.05) is 11.1 Å². The molecular weight excluding hydrogens is 765 g/mol. The number of hydrogen-bond donors (Lipinski definition) is 1. The van der Waals surface area contributed by atoms with Crippen LogP contribution in [-0.4, -0.2) is 6.79 Å². The van der Waals surface area contributed by atoms with Gasteiger partial charge in [-0.15, -0.1) is 13.2 Å². The first-order chi connectivity index (χ1) is 31.2. The lowest BCUT2D eigenvalue weighted by Crippen LogP contribution is -2.27. The number of rotatable bonds is 2. The Kier molecular flexibility index (Phi) is 10.0. The van der Waals surface area contributed by atoms with Crippen LogP contribution in [0.5, 0.6) is 0 Å². The molecule has 4 aliphatic rings. The largest absolute Gasteiger partial charge is 0.359 e. The van der Waals surface area contributed by atoms with Crippen molar-refractivity contribution in [3.63, 3.8) is 0 Å². The number of carbonyl (C=O) groups is 1. The Balaban J connectivity index is 0.000000385. The van der Waals surface area contributed by atoms with Crippen molar-refractivity contribution in [3.05, 3.63) is 259 Å². The van der Waals surface area contributed by atoms with Gasteiger partial charge < -0.3 is 15.0 Å². The van der Waals surface area contributed by atoms with Crippen LogP contribution >= 0.6 is 0 Å². The van der Waals surface area contributed by atoms with Crippen LogP contribution in [-0.2, 0) is 10.2 Å². The molecule has 1 spiro atoms. The molecule has 0 aromatic heterocycles. The van der Waals surface area contributed by atoms with Gasteiger partial charge in [0.1, 0.15) is 13.0 Å². The van der Waals surface area contributed by atoms with Crippen molar-refractivity contribution in [3.8, 4) is 55.6 Å². The number of fused-ring (bicyclic) bond motifs is 18. The quantitative estimate of drug-likeness (QED) is 0.177. The van der Waals surface area contributed by atoms with Gasteiger partial charge in [-0.3, -0.25) is 0 Å². The predicted octanol–water partition coefficient (Wildman–Crippen LogP) is 15.2. The molecule has 9 aromatic rings. The van der Waals surface area contributed by atoms with Crippen molar-refractivity contribution in [1.82, 2.24) is 0 Å². The Morgan fingerprint density at radius 1 is 0.413 bits per heavy atom. The first kappa shape index (κ1) is 39.1. The van der Waals surface area contributed by atoms with Crippen LogP contribution in [0.3, 0.4) is 0 Å². The van der Waals surface area contributed by atoms with Crippen LogP contribution < -0.4 is 10.2 Å². The van der Waals surface area contributed by atoms with E-state index in [0.29, 0.717) is 0 Å². The molecular formula is C60H46N2O. The molecule has 1 unspecified atom stereocenters. The lowest BCUT2D eigenvalue weighted by atomic mass is 9.70. The maximum atomic E-state index is 8.00. The predicted molar refractivity (Wildman–Crippen MR) is 264 cm³/mol. The molecule has 3 nitrogen and oxygen atoms in total. The number of para-hydroxylation sites is 1. The van der Waals surface area contributed by atoms with Crippen molar-refractivity contribution in [2.24, 2.45) is 0 Å². The standard InChI is InChI=1S/C50H32N2.C7H8.C2H4.CH2O/c1-2-12-31(13-3-1)32-22-25-38-39-26-23-33(29-45(39)50(44(38)28-32)42-19-9-6-15-36(42)37-16-7-10-20-43(37)50)34-24-27-46-48(30-34)52-47-21-11-8-17-40(47)35-14-4-5-18-41(35)49(52)51-46;1-7-5-3-2-4-6-7;2*1-2/h1-30,49,51H;2-6H,1H3;1-2H2;1H2. The van der Waals surface area contributed by atoms with E-state index in [1.54, 1.807) is 0 Å². The summed E-state index contributed by atoms with van der Waals surface area (Å²) in [5.74, 6) is 0. The molecule has 9 aromatic carbocycles. The van der Waals surface area contributed by atoms with Gasteiger partial charge in [-0.1, -0.05) is 188 Å². The molecule has 0 radical (unpaired) electrons. The molecule has 3 heteroatoms. The van der Waals surface area contributed by atoms with Gasteiger partial charge in [0.25, 0.3) is 0 Å². The number of anilines is 3. The van der Waals surface area contributed by atoms with Crippen LogP contribution in [0.15, 0.2) is 225 Å². The van der Waals surface area contributed by atoms with Gasteiger partial charge in [-0.25, -0.2) is 0 Å². The van der Waals surface area contributed by atoms with E-state index in [4.69, 9.17) is 4.79 Å². The van der Waals surface area contributed by atoms with Gasteiger partial charge in [-0.05, 0) is 110 Å². The van der Waals surface area contributed by atoms with Crippen LogP contribution in [0, 0.1) is 6.92 Å². The minimum atomic E-state index is -0.419. The van der Waals surface area contributed by atoms with Gasteiger partial charge in [0.15, 0.2) is 0 Å². The second-order valence-electron chi connectivity index (χ2n) is 16.1. The fraction of sp³-hybridized carbons (Fsp3) is 0.0500. The summed E-state index contributed by atoms with van der Waals surface area (Å²) in [6, 6.07) is 78.2. The molecule has 0 saturated heterocycles. The SMILES string of the molecule is C=C.C=O.Cc1ccccc1.c1ccc(-c2ccc3c(c2)C2(c4ccccc4-c4ccccc42)c2cc(-c4ccc5c(c4)N4c6ccccc6-c6ccccc6C4N5)ccc2-3)cc1. The maximum Gasteiger partial charge on any atom is 0.131 e. The summed E-state index contributed by atoms with van der Waals surface area (Å²) in [5.41, 5.74) is 24.1. The van der Waals surface area contributed by atoms with Crippen molar-refractivity contribution >= 4 is 23.9 Å². The fourth-order valence-corrected chi connectivity index (χ4v) is 10.4. The van der Waals surface area contributed by atoms with E-state index in [2.05, 4.69) is 224 Å². The first-order valence-electron chi connectivity index (χ1n) is 21.4. The molecule has 0 fully saturated rings. The molecule has 2 heterocycles. The van der Waals surface area contributed by atoms with Crippen LogP contribution in [0.4, 0.5) is 17.1 Å². The Hall–Kier alpha value is -8.01. The van der Waals surface area contributed by atoms with E-state index in [0.717, 1.165) is 5.69 Å². The lowest BCUT2D eigenvalue weighted by molar-refractivity contribution is -0.0980. The van der Waals surface area contributed by atoms with Gasteiger partial charge in [0.2, 0.25) is 0 Å². The summed E-state index contributed by atoms with van der Waals surface area (Å²) in [4.78, 5) is 10.5. The normalized spacial score (nSPS) is 14.1. The van der Waals surface area contributed by atoms with Crippen LogP contribution in [0.1, 0.15) is 39.5 Å². The van der Waals surface area contributed by atoms with Gasteiger partial charge >= 0.3 is 0 Å². The number of carbonyl (C=O) groups excluding carboxylic acids is 1. The van der Waals surface area contributed by atoms with E-state index in [9.17, 15) is 0 Å². The van der Waals surface area contributed by atoms with Crippen molar-refractivity contribution in [1.29, 1.82) is 0 Å². The highest BCUT2D eigenvalue weighted by Gasteiger charge is 2.52. The smallest absolute Gasteiger partial charge is 0.131 e.